The third-order valence-electron chi connectivity index (χ3n) is 1.97. The van der Waals surface area contributed by atoms with E-state index < -0.39 is 0 Å². The monoisotopic (exact) mass is 212 g/mol. The van der Waals surface area contributed by atoms with Crippen LogP contribution in [0.3, 0.4) is 0 Å². The lowest BCUT2D eigenvalue weighted by molar-refractivity contribution is -0.118. The average Bonchev–Trinajstić information content (AvgIpc) is 2.52. The zero-order chi connectivity index (χ0) is 10.4. The van der Waals surface area contributed by atoms with Crippen molar-refractivity contribution in [1.82, 2.24) is 4.57 Å². The second-order valence-corrected chi connectivity index (χ2v) is 4.13. The van der Waals surface area contributed by atoms with Gasteiger partial charge in [0.05, 0.1) is 0 Å². The Hall–Kier alpha value is -0.900. The molecular formula is C10H16N2OS. The Balaban J connectivity index is 2.52. The molecule has 4 heteroatoms. The van der Waals surface area contributed by atoms with Crippen molar-refractivity contribution < 1.29 is 4.79 Å². The van der Waals surface area contributed by atoms with E-state index in [1.807, 2.05) is 23.2 Å². The minimum Gasteiger partial charge on any atom is -0.327 e. The Kier molecular flexibility index (Phi) is 4.59. The molecule has 0 unspecified atom stereocenters. The topological polar surface area (TPSA) is 34.4 Å². The first-order valence-electron chi connectivity index (χ1n) is 4.91. The summed E-state index contributed by atoms with van der Waals surface area (Å²) in [7, 11) is 1.90. The SMILES string of the molecule is CCCCCC(=O)N=c1sccn1C. The van der Waals surface area contributed by atoms with Gasteiger partial charge in [-0.1, -0.05) is 19.8 Å². The van der Waals surface area contributed by atoms with Crippen molar-refractivity contribution in [3.63, 3.8) is 0 Å². The van der Waals surface area contributed by atoms with Crippen LogP contribution in [0.25, 0.3) is 0 Å². The van der Waals surface area contributed by atoms with E-state index in [9.17, 15) is 4.79 Å². The van der Waals surface area contributed by atoms with Crippen LogP contribution in [0.5, 0.6) is 0 Å². The highest BCUT2D eigenvalue weighted by Gasteiger charge is 1.98. The molecule has 3 nitrogen and oxygen atoms in total. The zero-order valence-electron chi connectivity index (χ0n) is 8.69. The van der Waals surface area contributed by atoms with Gasteiger partial charge in [0.25, 0.3) is 0 Å². The van der Waals surface area contributed by atoms with Crippen molar-refractivity contribution in [2.45, 2.75) is 32.6 Å². The predicted molar refractivity (Wildman–Crippen MR) is 58.0 cm³/mol. The first kappa shape index (κ1) is 11.2. The van der Waals surface area contributed by atoms with E-state index in [1.165, 1.54) is 11.3 Å². The van der Waals surface area contributed by atoms with E-state index in [0.29, 0.717) is 6.42 Å². The van der Waals surface area contributed by atoms with Crippen LogP contribution in [-0.2, 0) is 11.8 Å². The van der Waals surface area contributed by atoms with Gasteiger partial charge in [-0.25, -0.2) is 0 Å². The summed E-state index contributed by atoms with van der Waals surface area (Å²) in [4.78, 5) is 16.2. The highest BCUT2D eigenvalue weighted by atomic mass is 32.1. The van der Waals surface area contributed by atoms with E-state index in [4.69, 9.17) is 0 Å². The molecular weight excluding hydrogens is 196 g/mol. The number of nitrogens with zero attached hydrogens (tertiary/aromatic N) is 2. The van der Waals surface area contributed by atoms with E-state index in [0.717, 1.165) is 24.1 Å². The lowest BCUT2D eigenvalue weighted by atomic mass is 10.2. The van der Waals surface area contributed by atoms with Gasteiger partial charge in [-0.2, -0.15) is 4.99 Å². The Morgan fingerprint density at radius 3 is 2.93 bits per heavy atom. The fraction of sp³-hybridized carbons (Fsp3) is 0.600. The Labute approximate surface area is 88.1 Å². The number of aromatic nitrogens is 1. The fourth-order valence-electron chi connectivity index (χ4n) is 1.12. The fourth-order valence-corrected chi connectivity index (χ4v) is 1.87. The van der Waals surface area contributed by atoms with Crippen molar-refractivity contribution >= 4 is 17.2 Å². The minimum absolute atomic E-state index is 0.00324. The molecule has 0 N–H and O–H groups in total. The van der Waals surface area contributed by atoms with Crippen LogP contribution in [0.2, 0.25) is 0 Å². The van der Waals surface area contributed by atoms with Gasteiger partial charge in [0.2, 0.25) is 5.91 Å². The molecule has 1 amide bonds. The molecule has 0 aliphatic heterocycles. The minimum atomic E-state index is -0.00324. The van der Waals surface area contributed by atoms with Crippen LogP contribution >= 0.6 is 11.3 Å². The van der Waals surface area contributed by atoms with Crippen LogP contribution in [0.4, 0.5) is 0 Å². The summed E-state index contributed by atoms with van der Waals surface area (Å²) in [5.74, 6) is -0.00324. The second kappa shape index (κ2) is 5.75. The third-order valence-corrected chi connectivity index (χ3v) is 2.82. The van der Waals surface area contributed by atoms with Gasteiger partial charge >= 0.3 is 0 Å². The lowest BCUT2D eigenvalue weighted by Gasteiger charge is -1.93. The largest absolute Gasteiger partial charge is 0.327 e. The number of aryl methyl sites for hydroxylation is 1. The van der Waals surface area contributed by atoms with Crippen molar-refractivity contribution in [2.24, 2.45) is 12.0 Å². The van der Waals surface area contributed by atoms with Crippen LogP contribution < -0.4 is 4.80 Å². The first-order chi connectivity index (χ1) is 6.74. The quantitative estimate of drug-likeness (QED) is 0.704. The number of unbranched alkanes of at least 4 members (excludes halogenated alkanes) is 2. The van der Waals surface area contributed by atoms with Crippen LogP contribution in [0.15, 0.2) is 16.6 Å². The number of carbonyl (C=O) groups is 1. The van der Waals surface area contributed by atoms with Gasteiger partial charge in [0, 0.05) is 25.0 Å². The Morgan fingerprint density at radius 1 is 1.57 bits per heavy atom. The number of carbonyl (C=O) groups excluding carboxylic acids is 1. The maximum atomic E-state index is 11.4. The van der Waals surface area contributed by atoms with Gasteiger partial charge in [-0.05, 0) is 6.42 Å². The average molecular weight is 212 g/mol. The summed E-state index contributed by atoms with van der Waals surface area (Å²) in [5.41, 5.74) is 0. The summed E-state index contributed by atoms with van der Waals surface area (Å²) >= 11 is 1.49. The molecule has 1 aromatic rings. The highest BCUT2D eigenvalue weighted by Crippen LogP contribution is 1.99. The summed E-state index contributed by atoms with van der Waals surface area (Å²) < 4.78 is 1.86. The van der Waals surface area contributed by atoms with E-state index >= 15 is 0 Å². The standard InChI is InChI=1S/C10H16N2OS/c1-3-4-5-6-9(13)11-10-12(2)7-8-14-10/h7-8H,3-6H2,1-2H3. The molecule has 78 valence electrons. The van der Waals surface area contributed by atoms with Crippen LogP contribution in [0, 0.1) is 0 Å². The van der Waals surface area contributed by atoms with Gasteiger partial charge in [0.15, 0.2) is 4.80 Å². The highest BCUT2D eigenvalue weighted by molar-refractivity contribution is 7.07. The van der Waals surface area contributed by atoms with E-state index in [2.05, 4.69) is 11.9 Å². The molecule has 0 aliphatic rings. The van der Waals surface area contributed by atoms with Gasteiger partial charge < -0.3 is 4.57 Å². The summed E-state index contributed by atoms with van der Waals surface area (Å²) in [6.45, 7) is 2.13. The second-order valence-electron chi connectivity index (χ2n) is 3.26. The number of hydrogen-bond donors (Lipinski definition) is 0. The number of rotatable bonds is 4. The Morgan fingerprint density at radius 2 is 2.36 bits per heavy atom. The normalized spacial score (nSPS) is 12.0. The van der Waals surface area contributed by atoms with Gasteiger partial charge in [0.1, 0.15) is 0 Å². The smallest absolute Gasteiger partial charge is 0.248 e. The summed E-state index contributed by atoms with van der Waals surface area (Å²) in [6.07, 6.45) is 5.68. The van der Waals surface area contributed by atoms with Gasteiger partial charge in [-0.15, -0.1) is 11.3 Å². The van der Waals surface area contributed by atoms with E-state index in [-0.39, 0.29) is 5.91 Å². The molecule has 0 saturated heterocycles. The molecule has 0 saturated carbocycles. The zero-order valence-corrected chi connectivity index (χ0v) is 9.51. The van der Waals surface area contributed by atoms with Crippen molar-refractivity contribution in [1.29, 1.82) is 0 Å². The molecule has 1 heterocycles. The molecule has 0 aromatic carbocycles. The number of hydrogen-bond acceptors (Lipinski definition) is 2. The van der Waals surface area contributed by atoms with Crippen LogP contribution in [0.1, 0.15) is 32.6 Å². The molecule has 0 aliphatic carbocycles. The molecule has 0 bridgehead atoms. The third kappa shape index (κ3) is 3.46. The van der Waals surface area contributed by atoms with Crippen molar-refractivity contribution in [3.8, 4) is 0 Å². The first-order valence-corrected chi connectivity index (χ1v) is 5.79. The number of amides is 1. The Bertz CT molecular complexity index is 351. The predicted octanol–water partition coefficient (Wildman–Crippen LogP) is 2.09. The molecule has 0 atom stereocenters. The van der Waals surface area contributed by atoms with Crippen molar-refractivity contribution in [2.75, 3.05) is 0 Å². The molecule has 14 heavy (non-hydrogen) atoms. The maximum Gasteiger partial charge on any atom is 0.248 e. The summed E-state index contributed by atoms with van der Waals surface area (Å²) in [6, 6.07) is 0. The lowest BCUT2D eigenvalue weighted by Crippen LogP contribution is -2.12. The van der Waals surface area contributed by atoms with E-state index in [1.54, 1.807) is 0 Å². The van der Waals surface area contributed by atoms with Crippen molar-refractivity contribution in [3.05, 3.63) is 16.4 Å². The molecule has 1 rings (SSSR count). The number of thiazole rings is 1. The summed E-state index contributed by atoms with van der Waals surface area (Å²) in [5, 5.41) is 1.93. The maximum absolute atomic E-state index is 11.4. The molecule has 1 aromatic heterocycles. The van der Waals surface area contributed by atoms with Gasteiger partial charge in [-0.3, -0.25) is 4.79 Å². The van der Waals surface area contributed by atoms with Crippen LogP contribution in [-0.4, -0.2) is 10.5 Å². The molecule has 0 fully saturated rings. The molecule has 0 spiro atoms. The molecule has 0 radical (unpaired) electrons.